The molecule has 1 amide bonds. The first-order chi connectivity index (χ1) is 10.2. The van der Waals surface area contributed by atoms with Gasteiger partial charge in [-0.2, -0.15) is 0 Å². The highest BCUT2D eigenvalue weighted by Gasteiger charge is 2.10. The SMILES string of the molecule is O=C(NCc1nc(-c2ccc(Cl)cc2)cs1)c1csnn1. The molecule has 0 aliphatic heterocycles. The van der Waals surface area contributed by atoms with Crippen molar-refractivity contribution in [2.24, 2.45) is 0 Å². The van der Waals surface area contributed by atoms with Crippen LogP contribution >= 0.6 is 34.5 Å². The van der Waals surface area contributed by atoms with E-state index in [0.717, 1.165) is 27.8 Å². The standard InChI is InChI=1S/C13H9ClN4OS2/c14-9-3-1-8(2-4-9)10-6-20-12(16-10)5-15-13(19)11-7-21-18-17-11/h1-4,6-7H,5H2,(H,15,19). The van der Waals surface area contributed by atoms with Gasteiger partial charge >= 0.3 is 0 Å². The molecule has 2 heterocycles. The monoisotopic (exact) mass is 336 g/mol. The van der Waals surface area contributed by atoms with E-state index in [1.54, 1.807) is 5.38 Å². The Bertz CT molecular complexity index is 740. The van der Waals surface area contributed by atoms with Gasteiger partial charge in [0, 0.05) is 21.3 Å². The van der Waals surface area contributed by atoms with Gasteiger partial charge in [-0.25, -0.2) is 4.98 Å². The van der Waals surface area contributed by atoms with Crippen LogP contribution in [-0.2, 0) is 6.54 Å². The number of rotatable bonds is 4. The largest absolute Gasteiger partial charge is 0.344 e. The molecule has 0 unspecified atom stereocenters. The van der Waals surface area contributed by atoms with Crippen LogP contribution in [-0.4, -0.2) is 20.5 Å². The minimum atomic E-state index is -0.244. The van der Waals surface area contributed by atoms with Crippen molar-refractivity contribution in [1.29, 1.82) is 0 Å². The zero-order chi connectivity index (χ0) is 14.7. The Hall–Kier alpha value is -1.83. The number of nitrogens with one attached hydrogen (secondary N) is 1. The highest BCUT2D eigenvalue weighted by Crippen LogP contribution is 2.23. The molecule has 0 atom stereocenters. The first kappa shape index (κ1) is 14.1. The van der Waals surface area contributed by atoms with Crippen molar-refractivity contribution < 1.29 is 4.79 Å². The number of halogens is 1. The number of aromatic nitrogens is 3. The second-order valence-corrected chi connectivity index (χ2v) is 6.10. The third-order valence-corrected chi connectivity index (χ3v) is 4.29. The lowest BCUT2D eigenvalue weighted by Crippen LogP contribution is -2.23. The maximum absolute atomic E-state index is 11.7. The summed E-state index contributed by atoms with van der Waals surface area (Å²) >= 11 is 8.50. The number of hydrogen-bond acceptors (Lipinski definition) is 6. The molecule has 3 rings (SSSR count). The van der Waals surface area contributed by atoms with Crippen LogP contribution in [0.2, 0.25) is 5.02 Å². The van der Waals surface area contributed by atoms with Gasteiger partial charge in [-0.15, -0.1) is 16.4 Å². The van der Waals surface area contributed by atoms with Gasteiger partial charge in [0.05, 0.1) is 12.2 Å². The normalized spacial score (nSPS) is 10.5. The van der Waals surface area contributed by atoms with E-state index in [0.29, 0.717) is 17.3 Å². The van der Waals surface area contributed by atoms with Crippen LogP contribution in [0.4, 0.5) is 0 Å². The minimum Gasteiger partial charge on any atom is -0.344 e. The summed E-state index contributed by atoms with van der Waals surface area (Å²) in [5, 5.41) is 11.6. The van der Waals surface area contributed by atoms with Gasteiger partial charge in [0.25, 0.3) is 5.91 Å². The molecule has 0 aliphatic carbocycles. The third kappa shape index (κ3) is 3.44. The number of benzene rings is 1. The highest BCUT2D eigenvalue weighted by atomic mass is 35.5. The molecule has 21 heavy (non-hydrogen) atoms. The van der Waals surface area contributed by atoms with Gasteiger partial charge in [0.2, 0.25) is 0 Å². The molecule has 1 N–H and O–H groups in total. The molecule has 5 nitrogen and oxygen atoms in total. The number of nitrogens with zero attached hydrogens (tertiary/aromatic N) is 3. The number of carbonyl (C=O) groups excluding carboxylic acids is 1. The van der Waals surface area contributed by atoms with Crippen molar-refractivity contribution in [2.45, 2.75) is 6.54 Å². The summed E-state index contributed by atoms with van der Waals surface area (Å²) < 4.78 is 3.66. The summed E-state index contributed by atoms with van der Waals surface area (Å²) in [4.78, 5) is 16.2. The minimum absolute atomic E-state index is 0.244. The lowest BCUT2D eigenvalue weighted by Gasteiger charge is -1.99. The van der Waals surface area contributed by atoms with E-state index in [1.165, 1.54) is 11.3 Å². The van der Waals surface area contributed by atoms with E-state index < -0.39 is 0 Å². The fourth-order valence-electron chi connectivity index (χ4n) is 1.66. The van der Waals surface area contributed by atoms with Crippen LogP contribution in [0.3, 0.4) is 0 Å². The quantitative estimate of drug-likeness (QED) is 0.794. The van der Waals surface area contributed by atoms with Crippen LogP contribution in [0.1, 0.15) is 15.5 Å². The predicted octanol–water partition coefficient (Wildman–Crippen LogP) is 3.25. The first-order valence-electron chi connectivity index (χ1n) is 5.98. The Morgan fingerprint density at radius 3 is 2.76 bits per heavy atom. The summed E-state index contributed by atoms with van der Waals surface area (Å²) in [5.74, 6) is -0.244. The number of thiazole rings is 1. The zero-order valence-corrected chi connectivity index (χ0v) is 13.0. The van der Waals surface area contributed by atoms with E-state index in [1.807, 2.05) is 29.6 Å². The Morgan fingerprint density at radius 2 is 2.05 bits per heavy atom. The van der Waals surface area contributed by atoms with Crippen LogP contribution in [0.5, 0.6) is 0 Å². The van der Waals surface area contributed by atoms with Crippen molar-refractivity contribution in [3.05, 3.63) is 50.7 Å². The number of amides is 1. The van der Waals surface area contributed by atoms with Crippen LogP contribution < -0.4 is 5.32 Å². The van der Waals surface area contributed by atoms with Crippen molar-refractivity contribution in [1.82, 2.24) is 19.9 Å². The van der Waals surface area contributed by atoms with Gasteiger partial charge in [0.15, 0.2) is 5.69 Å². The molecule has 0 saturated carbocycles. The van der Waals surface area contributed by atoms with Crippen molar-refractivity contribution in [3.8, 4) is 11.3 Å². The van der Waals surface area contributed by atoms with Crippen LogP contribution in [0.25, 0.3) is 11.3 Å². The Labute approximate surface area is 133 Å². The molecule has 0 aliphatic rings. The fraction of sp³-hybridized carbons (Fsp3) is 0.0769. The molecule has 0 spiro atoms. The Morgan fingerprint density at radius 1 is 1.24 bits per heavy atom. The van der Waals surface area contributed by atoms with E-state index >= 15 is 0 Å². The molecular weight excluding hydrogens is 328 g/mol. The second-order valence-electron chi connectivity index (χ2n) is 4.11. The molecular formula is C13H9ClN4OS2. The number of hydrogen-bond donors (Lipinski definition) is 1. The highest BCUT2D eigenvalue weighted by molar-refractivity contribution is 7.10. The van der Waals surface area contributed by atoms with E-state index in [2.05, 4.69) is 19.9 Å². The first-order valence-corrected chi connectivity index (χ1v) is 8.07. The summed E-state index contributed by atoms with van der Waals surface area (Å²) in [6.45, 7) is 0.370. The van der Waals surface area contributed by atoms with Crippen LogP contribution in [0, 0.1) is 0 Å². The average Bonchev–Trinajstić information content (AvgIpc) is 3.17. The van der Waals surface area contributed by atoms with Crippen molar-refractivity contribution >= 4 is 40.4 Å². The lowest BCUT2D eigenvalue weighted by molar-refractivity contribution is 0.0946. The van der Waals surface area contributed by atoms with Gasteiger partial charge in [0.1, 0.15) is 5.01 Å². The van der Waals surface area contributed by atoms with Crippen LogP contribution in [0.15, 0.2) is 35.0 Å². The average molecular weight is 337 g/mol. The molecule has 0 fully saturated rings. The molecule has 0 saturated heterocycles. The van der Waals surface area contributed by atoms with Gasteiger partial charge < -0.3 is 5.32 Å². The molecule has 3 aromatic rings. The van der Waals surface area contributed by atoms with Gasteiger partial charge in [-0.3, -0.25) is 4.79 Å². The predicted molar refractivity (Wildman–Crippen MR) is 83.6 cm³/mol. The lowest BCUT2D eigenvalue weighted by atomic mass is 10.2. The smallest absolute Gasteiger partial charge is 0.273 e. The van der Waals surface area contributed by atoms with Gasteiger partial charge in [-0.05, 0) is 23.7 Å². The van der Waals surface area contributed by atoms with E-state index in [9.17, 15) is 4.79 Å². The molecule has 2 aromatic heterocycles. The maximum Gasteiger partial charge on any atom is 0.273 e. The zero-order valence-electron chi connectivity index (χ0n) is 10.6. The van der Waals surface area contributed by atoms with E-state index in [-0.39, 0.29) is 5.91 Å². The molecule has 1 aromatic carbocycles. The summed E-state index contributed by atoms with van der Waals surface area (Å²) in [6.07, 6.45) is 0. The molecule has 8 heteroatoms. The van der Waals surface area contributed by atoms with Crippen molar-refractivity contribution in [2.75, 3.05) is 0 Å². The van der Waals surface area contributed by atoms with Gasteiger partial charge in [-0.1, -0.05) is 28.2 Å². The molecule has 106 valence electrons. The fourth-order valence-corrected chi connectivity index (χ4v) is 2.96. The number of carbonyl (C=O) groups is 1. The van der Waals surface area contributed by atoms with Crippen molar-refractivity contribution in [3.63, 3.8) is 0 Å². The topological polar surface area (TPSA) is 67.8 Å². The molecule has 0 bridgehead atoms. The third-order valence-electron chi connectivity index (χ3n) is 2.68. The van der Waals surface area contributed by atoms with E-state index in [4.69, 9.17) is 11.6 Å². The second kappa shape index (κ2) is 6.30. The maximum atomic E-state index is 11.7. The molecule has 0 radical (unpaired) electrons. The Kier molecular flexibility index (Phi) is 4.23. The summed E-state index contributed by atoms with van der Waals surface area (Å²) in [6, 6.07) is 7.49. The summed E-state index contributed by atoms with van der Waals surface area (Å²) in [5.41, 5.74) is 2.20. The Balaban J connectivity index is 1.65. The summed E-state index contributed by atoms with van der Waals surface area (Å²) in [7, 11) is 0.